The Balaban J connectivity index is 1.56. The maximum absolute atomic E-state index is 9.49. The van der Waals surface area contributed by atoms with Gasteiger partial charge in [0.25, 0.3) is 0 Å². The summed E-state index contributed by atoms with van der Waals surface area (Å²) >= 11 is 6.19. The van der Waals surface area contributed by atoms with Crippen LogP contribution in [0.25, 0.3) is 0 Å². The van der Waals surface area contributed by atoms with Crippen molar-refractivity contribution in [1.29, 1.82) is 0 Å². The topological polar surface area (TPSA) is 48.8 Å². The van der Waals surface area contributed by atoms with Gasteiger partial charge in [-0.15, -0.1) is 0 Å². The number of rotatable bonds is 4. The van der Waals surface area contributed by atoms with Crippen molar-refractivity contribution in [2.45, 2.75) is 0 Å². The SMILES string of the molecule is OCC1(CN2CCN(c3ccncc3Cl)CC2)COC1. The molecular formula is C14H20ClN3O2. The van der Waals surface area contributed by atoms with Crippen LogP contribution >= 0.6 is 11.6 Å². The second-order valence-electron chi connectivity index (χ2n) is 5.74. The highest BCUT2D eigenvalue weighted by atomic mass is 35.5. The molecule has 20 heavy (non-hydrogen) atoms. The number of hydrogen-bond donors (Lipinski definition) is 1. The Kier molecular flexibility index (Phi) is 4.12. The first-order valence-electron chi connectivity index (χ1n) is 6.98. The van der Waals surface area contributed by atoms with Crippen molar-refractivity contribution < 1.29 is 9.84 Å². The van der Waals surface area contributed by atoms with Crippen LogP contribution in [-0.2, 0) is 4.74 Å². The molecule has 2 saturated heterocycles. The van der Waals surface area contributed by atoms with Crippen LogP contribution in [0.15, 0.2) is 18.5 Å². The lowest BCUT2D eigenvalue weighted by molar-refractivity contribution is -0.148. The maximum atomic E-state index is 9.49. The number of piperazine rings is 1. The summed E-state index contributed by atoms with van der Waals surface area (Å²) < 4.78 is 5.26. The molecule has 110 valence electrons. The van der Waals surface area contributed by atoms with Crippen LogP contribution in [0.2, 0.25) is 5.02 Å². The largest absolute Gasteiger partial charge is 0.396 e. The van der Waals surface area contributed by atoms with Gasteiger partial charge in [0, 0.05) is 45.1 Å². The predicted molar refractivity (Wildman–Crippen MR) is 78.2 cm³/mol. The van der Waals surface area contributed by atoms with Gasteiger partial charge in [0.2, 0.25) is 0 Å². The molecule has 0 bridgehead atoms. The van der Waals surface area contributed by atoms with E-state index in [0.29, 0.717) is 18.2 Å². The zero-order valence-electron chi connectivity index (χ0n) is 11.5. The summed E-state index contributed by atoms with van der Waals surface area (Å²) in [6.45, 7) is 6.36. The molecule has 0 unspecified atom stereocenters. The van der Waals surface area contributed by atoms with Crippen LogP contribution in [-0.4, -0.2) is 67.5 Å². The molecule has 2 aliphatic heterocycles. The van der Waals surface area contributed by atoms with Crippen molar-refractivity contribution in [3.63, 3.8) is 0 Å². The Bertz CT molecular complexity index is 454. The van der Waals surface area contributed by atoms with Crippen LogP contribution in [0.3, 0.4) is 0 Å². The summed E-state index contributed by atoms with van der Waals surface area (Å²) in [5.41, 5.74) is 1.03. The number of aliphatic hydroxyl groups is 1. The molecule has 0 spiro atoms. The van der Waals surface area contributed by atoms with E-state index in [2.05, 4.69) is 14.8 Å². The van der Waals surface area contributed by atoms with Gasteiger partial charge in [-0.2, -0.15) is 0 Å². The molecule has 3 rings (SSSR count). The van der Waals surface area contributed by atoms with Gasteiger partial charge in [-0.25, -0.2) is 0 Å². The summed E-state index contributed by atoms with van der Waals surface area (Å²) in [5, 5.41) is 10.2. The first-order valence-corrected chi connectivity index (χ1v) is 7.36. The quantitative estimate of drug-likeness (QED) is 0.893. The number of nitrogens with zero attached hydrogens (tertiary/aromatic N) is 3. The molecule has 1 aromatic heterocycles. The Morgan fingerprint density at radius 3 is 2.60 bits per heavy atom. The van der Waals surface area contributed by atoms with E-state index < -0.39 is 0 Å². The number of pyridine rings is 1. The first-order chi connectivity index (χ1) is 9.72. The van der Waals surface area contributed by atoms with Crippen LogP contribution < -0.4 is 4.90 Å². The van der Waals surface area contributed by atoms with Crippen LogP contribution in [0, 0.1) is 5.41 Å². The molecular weight excluding hydrogens is 278 g/mol. The average Bonchev–Trinajstić information content (AvgIpc) is 2.44. The number of aliphatic hydroxyl groups excluding tert-OH is 1. The zero-order valence-corrected chi connectivity index (χ0v) is 12.2. The number of anilines is 1. The van der Waals surface area contributed by atoms with E-state index in [1.54, 1.807) is 12.4 Å². The number of ether oxygens (including phenoxy) is 1. The maximum Gasteiger partial charge on any atom is 0.0822 e. The first kappa shape index (κ1) is 14.1. The fourth-order valence-corrected chi connectivity index (χ4v) is 3.11. The minimum Gasteiger partial charge on any atom is -0.396 e. The highest BCUT2D eigenvalue weighted by Gasteiger charge is 2.40. The van der Waals surface area contributed by atoms with E-state index >= 15 is 0 Å². The molecule has 0 aromatic carbocycles. The molecule has 0 radical (unpaired) electrons. The summed E-state index contributed by atoms with van der Waals surface area (Å²) in [6, 6.07) is 1.97. The molecule has 3 heterocycles. The van der Waals surface area contributed by atoms with Gasteiger partial charge in [0.15, 0.2) is 0 Å². The molecule has 5 nitrogen and oxygen atoms in total. The monoisotopic (exact) mass is 297 g/mol. The molecule has 0 aliphatic carbocycles. The molecule has 0 saturated carbocycles. The number of aromatic nitrogens is 1. The average molecular weight is 298 g/mol. The number of hydrogen-bond acceptors (Lipinski definition) is 5. The highest BCUT2D eigenvalue weighted by molar-refractivity contribution is 6.33. The normalized spacial score (nSPS) is 22.6. The summed E-state index contributed by atoms with van der Waals surface area (Å²) in [6.07, 6.45) is 3.47. The third-order valence-corrected chi connectivity index (χ3v) is 4.47. The fraction of sp³-hybridized carbons (Fsp3) is 0.643. The van der Waals surface area contributed by atoms with Gasteiger partial charge in [-0.3, -0.25) is 9.88 Å². The Labute approximate surface area is 124 Å². The summed E-state index contributed by atoms with van der Waals surface area (Å²) in [5.74, 6) is 0. The van der Waals surface area contributed by atoms with E-state index in [0.717, 1.165) is 38.4 Å². The minimum absolute atomic E-state index is 0.0313. The van der Waals surface area contributed by atoms with E-state index in [-0.39, 0.29) is 12.0 Å². The smallest absolute Gasteiger partial charge is 0.0822 e. The third kappa shape index (κ3) is 2.76. The Morgan fingerprint density at radius 1 is 1.30 bits per heavy atom. The van der Waals surface area contributed by atoms with E-state index in [9.17, 15) is 5.11 Å². The molecule has 1 aromatic rings. The van der Waals surface area contributed by atoms with Crippen LogP contribution in [0.4, 0.5) is 5.69 Å². The second-order valence-corrected chi connectivity index (χ2v) is 6.15. The molecule has 2 aliphatic rings. The molecule has 0 amide bonds. The lowest BCUT2D eigenvalue weighted by atomic mass is 9.86. The predicted octanol–water partition coefficient (Wildman–Crippen LogP) is 0.866. The van der Waals surface area contributed by atoms with E-state index in [1.807, 2.05) is 6.07 Å². The van der Waals surface area contributed by atoms with E-state index in [4.69, 9.17) is 16.3 Å². The van der Waals surface area contributed by atoms with Gasteiger partial charge in [0.1, 0.15) is 0 Å². The van der Waals surface area contributed by atoms with Gasteiger partial charge >= 0.3 is 0 Å². The summed E-state index contributed by atoms with van der Waals surface area (Å²) in [4.78, 5) is 8.72. The van der Waals surface area contributed by atoms with Crippen molar-refractivity contribution in [2.75, 3.05) is 57.4 Å². The van der Waals surface area contributed by atoms with Crippen molar-refractivity contribution in [3.05, 3.63) is 23.5 Å². The minimum atomic E-state index is -0.0313. The van der Waals surface area contributed by atoms with E-state index in [1.165, 1.54) is 0 Å². The van der Waals surface area contributed by atoms with Gasteiger partial charge in [-0.05, 0) is 6.07 Å². The molecule has 2 fully saturated rings. The van der Waals surface area contributed by atoms with Crippen LogP contribution in [0.5, 0.6) is 0 Å². The van der Waals surface area contributed by atoms with Crippen molar-refractivity contribution in [2.24, 2.45) is 5.41 Å². The second kappa shape index (κ2) is 5.85. The summed E-state index contributed by atoms with van der Waals surface area (Å²) in [7, 11) is 0. The van der Waals surface area contributed by atoms with Crippen molar-refractivity contribution in [3.8, 4) is 0 Å². The van der Waals surface area contributed by atoms with Crippen LogP contribution in [0.1, 0.15) is 0 Å². The Hall–Kier alpha value is -0.880. The Morgan fingerprint density at radius 2 is 2.05 bits per heavy atom. The lowest BCUT2D eigenvalue weighted by Crippen LogP contribution is -2.57. The standard InChI is InChI=1S/C14H20ClN3O2/c15-12-7-16-2-1-13(12)18-5-3-17(4-6-18)8-14(9-19)10-20-11-14/h1-2,7,19H,3-6,8-11H2. The van der Waals surface area contributed by atoms with Gasteiger partial charge in [-0.1, -0.05) is 11.6 Å². The highest BCUT2D eigenvalue weighted by Crippen LogP contribution is 2.29. The van der Waals surface area contributed by atoms with Crippen molar-refractivity contribution in [1.82, 2.24) is 9.88 Å². The zero-order chi connectivity index (χ0) is 14.0. The molecule has 0 atom stereocenters. The van der Waals surface area contributed by atoms with Crippen molar-refractivity contribution >= 4 is 17.3 Å². The number of halogens is 1. The molecule has 1 N–H and O–H groups in total. The fourth-order valence-electron chi connectivity index (χ4n) is 2.87. The molecule has 6 heteroatoms. The third-order valence-electron chi connectivity index (χ3n) is 4.17. The lowest BCUT2D eigenvalue weighted by Gasteiger charge is -2.45. The van der Waals surface area contributed by atoms with Gasteiger partial charge < -0.3 is 14.7 Å². The van der Waals surface area contributed by atoms with Gasteiger partial charge in [0.05, 0.1) is 35.9 Å².